The van der Waals surface area contributed by atoms with E-state index in [1.165, 1.54) is 29.3 Å². The molecule has 0 unspecified atom stereocenters. The summed E-state index contributed by atoms with van der Waals surface area (Å²) in [5, 5.41) is 1.13. The molecule has 0 heterocycles. The number of rotatable bonds is 8. The van der Waals surface area contributed by atoms with Gasteiger partial charge in [-0.15, -0.1) is 0 Å². The van der Waals surface area contributed by atoms with Gasteiger partial charge in [-0.3, -0.25) is 0 Å². The molecule has 0 amide bonds. The lowest BCUT2D eigenvalue weighted by Crippen LogP contribution is -1.98. The monoisotopic (exact) mass is 396 g/mol. The van der Waals surface area contributed by atoms with Crippen LogP contribution in [0.5, 0.6) is 5.75 Å². The molecule has 0 saturated heterocycles. The minimum atomic E-state index is 0.842. The van der Waals surface area contributed by atoms with Gasteiger partial charge < -0.3 is 4.74 Å². The van der Waals surface area contributed by atoms with E-state index < -0.39 is 0 Å². The van der Waals surface area contributed by atoms with Crippen LogP contribution in [0.2, 0.25) is 0 Å². The first-order valence-electron chi connectivity index (χ1n) is 5.78. The number of alkyl halides is 1. The lowest BCUT2D eigenvalue weighted by atomic mass is 10.2. The Morgan fingerprint density at radius 3 is 2.44 bits per heavy atom. The molecule has 1 rings (SSSR count). The third kappa shape index (κ3) is 6.09. The van der Waals surface area contributed by atoms with Gasteiger partial charge >= 0.3 is 0 Å². The summed E-state index contributed by atoms with van der Waals surface area (Å²) in [5.74, 6) is 1.02. The summed E-state index contributed by atoms with van der Waals surface area (Å²) in [4.78, 5) is 0. The maximum atomic E-state index is 5.73. The zero-order valence-electron chi connectivity index (χ0n) is 9.42. The van der Waals surface area contributed by atoms with E-state index in [0.717, 1.165) is 24.1 Å². The van der Waals surface area contributed by atoms with Gasteiger partial charge in [-0.1, -0.05) is 47.3 Å². The van der Waals surface area contributed by atoms with E-state index in [0.29, 0.717) is 0 Å². The van der Waals surface area contributed by atoms with Crippen LogP contribution in [-0.2, 0) is 0 Å². The van der Waals surface area contributed by atoms with Crippen molar-refractivity contribution >= 4 is 38.5 Å². The Hall–Kier alpha value is 0.230. The van der Waals surface area contributed by atoms with Crippen molar-refractivity contribution < 1.29 is 4.74 Å². The van der Waals surface area contributed by atoms with E-state index in [1.807, 2.05) is 18.2 Å². The highest BCUT2D eigenvalue weighted by molar-refractivity contribution is 14.1. The molecule has 0 N–H and O–H groups in total. The summed E-state index contributed by atoms with van der Waals surface area (Å²) < 4.78 is 6.92. The van der Waals surface area contributed by atoms with Crippen molar-refractivity contribution in [2.24, 2.45) is 0 Å². The van der Waals surface area contributed by atoms with Gasteiger partial charge in [0.05, 0.1) is 10.2 Å². The molecule has 1 aromatic carbocycles. The van der Waals surface area contributed by atoms with Gasteiger partial charge in [-0.05, 0) is 47.6 Å². The lowest BCUT2D eigenvalue weighted by molar-refractivity contribution is 0.302. The molecule has 0 aliphatic carbocycles. The third-order valence-corrected chi connectivity index (χ3v) is 3.82. The molecular weight excluding hydrogens is 379 g/mol. The summed E-state index contributed by atoms with van der Waals surface area (Å²) in [6.07, 6.45) is 6.37. The molecule has 0 radical (unpaired) electrons. The third-order valence-electron chi connectivity index (χ3n) is 2.37. The second-order valence-corrected chi connectivity index (χ2v) is 5.69. The Bertz CT molecular complexity index is 291. The quantitative estimate of drug-likeness (QED) is 0.340. The van der Waals surface area contributed by atoms with Crippen LogP contribution in [0.15, 0.2) is 24.3 Å². The summed E-state index contributed by atoms with van der Waals surface area (Å²) in [6, 6.07) is 8.17. The molecule has 0 aliphatic rings. The number of hydrogen-bond donors (Lipinski definition) is 0. The van der Waals surface area contributed by atoms with E-state index in [4.69, 9.17) is 4.74 Å². The van der Waals surface area contributed by atoms with Crippen LogP contribution < -0.4 is 4.74 Å². The maximum Gasteiger partial charge on any atom is 0.132 e. The Balaban J connectivity index is 2.05. The molecular formula is C13H18BrIO. The molecule has 0 saturated carbocycles. The Morgan fingerprint density at radius 1 is 1.00 bits per heavy atom. The molecule has 3 heteroatoms. The highest BCUT2D eigenvalue weighted by atomic mass is 127. The van der Waals surface area contributed by atoms with E-state index in [-0.39, 0.29) is 0 Å². The predicted octanol–water partition coefficient (Wildman–Crippen LogP) is 5.02. The molecule has 1 nitrogen and oxygen atoms in total. The maximum absolute atomic E-state index is 5.73. The average Bonchev–Trinajstić information content (AvgIpc) is 2.30. The van der Waals surface area contributed by atoms with Crippen molar-refractivity contribution in [3.8, 4) is 5.75 Å². The smallest absolute Gasteiger partial charge is 0.132 e. The van der Waals surface area contributed by atoms with E-state index in [1.54, 1.807) is 0 Å². The summed E-state index contributed by atoms with van der Waals surface area (Å²) in [6.45, 7) is 0.842. The van der Waals surface area contributed by atoms with Crippen LogP contribution in [0.1, 0.15) is 32.1 Å². The van der Waals surface area contributed by atoms with Crippen molar-refractivity contribution in [2.75, 3.05) is 11.9 Å². The van der Waals surface area contributed by atoms with Crippen LogP contribution in [0.4, 0.5) is 0 Å². The summed E-state index contributed by atoms with van der Waals surface area (Å²) in [5.41, 5.74) is 0. The van der Waals surface area contributed by atoms with Crippen LogP contribution in [0, 0.1) is 3.57 Å². The van der Waals surface area contributed by atoms with Crippen molar-refractivity contribution in [3.05, 3.63) is 27.8 Å². The molecule has 0 bridgehead atoms. The normalized spacial score (nSPS) is 10.4. The Morgan fingerprint density at radius 2 is 1.69 bits per heavy atom. The highest BCUT2D eigenvalue weighted by Crippen LogP contribution is 2.19. The van der Waals surface area contributed by atoms with Crippen LogP contribution in [0.25, 0.3) is 0 Å². The molecule has 0 aromatic heterocycles. The largest absolute Gasteiger partial charge is 0.492 e. The number of benzene rings is 1. The number of halogens is 2. The topological polar surface area (TPSA) is 9.23 Å². The van der Waals surface area contributed by atoms with Crippen molar-refractivity contribution in [1.82, 2.24) is 0 Å². The Labute approximate surface area is 120 Å². The van der Waals surface area contributed by atoms with Crippen molar-refractivity contribution in [1.29, 1.82) is 0 Å². The standard InChI is InChI=1S/C13H18BrIO/c14-10-6-2-1-3-7-11-16-13-9-5-4-8-12(13)15/h4-5,8-9H,1-3,6-7,10-11H2. The van der Waals surface area contributed by atoms with Crippen molar-refractivity contribution in [2.45, 2.75) is 32.1 Å². The van der Waals surface area contributed by atoms with E-state index in [2.05, 4.69) is 44.6 Å². The first-order chi connectivity index (χ1) is 7.84. The van der Waals surface area contributed by atoms with Crippen LogP contribution >= 0.6 is 38.5 Å². The van der Waals surface area contributed by atoms with Gasteiger partial charge in [-0.25, -0.2) is 0 Å². The number of hydrogen-bond acceptors (Lipinski definition) is 1. The molecule has 90 valence electrons. The summed E-state index contributed by atoms with van der Waals surface area (Å²) >= 11 is 5.75. The Kier molecular flexibility index (Phi) is 8.29. The second kappa shape index (κ2) is 9.28. The minimum absolute atomic E-state index is 0.842. The first-order valence-corrected chi connectivity index (χ1v) is 7.98. The minimum Gasteiger partial charge on any atom is -0.492 e. The molecule has 0 spiro atoms. The molecule has 0 aliphatic heterocycles. The number of unbranched alkanes of at least 4 members (excludes halogenated alkanes) is 4. The zero-order valence-corrected chi connectivity index (χ0v) is 13.2. The fraction of sp³-hybridized carbons (Fsp3) is 0.538. The van der Waals surface area contributed by atoms with Crippen LogP contribution in [0.3, 0.4) is 0 Å². The molecule has 1 aromatic rings. The van der Waals surface area contributed by atoms with Gasteiger partial charge in [0.25, 0.3) is 0 Å². The first kappa shape index (κ1) is 14.3. The van der Waals surface area contributed by atoms with E-state index in [9.17, 15) is 0 Å². The summed E-state index contributed by atoms with van der Waals surface area (Å²) in [7, 11) is 0. The number of para-hydroxylation sites is 1. The van der Waals surface area contributed by atoms with Gasteiger partial charge in [0, 0.05) is 5.33 Å². The van der Waals surface area contributed by atoms with Gasteiger partial charge in [0.2, 0.25) is 0 Å². The fourth-order valence-corrected chi connectivity index (χ4v) is 2.41. The lowest BCUT2D eigenvalue weighted by Gasteiger charge is -2.07. The zero-order chi connectivity index (χ0) is 11.6. The molecule has 0 fully saturated rings. The predicted molar refractivity (Wildman–Crippen MR) is 81.5 cm³/mol. The van der Waals surface area contributed by atoms with Gasteiger partial charge in [-0.2, -0.15) is 0 Å². The highest BCUT2D eigenvalue weighted by Gasteiger charge is 1.98. The van der Waals surface area contributed by atoms with E-state index >= 15 is 0 Å². The fourth-order valence-electron chi connectivity index (χ4n) is 1.47. The SMILES string of the molecule is BrCCCCCCCOc1ccccc1I. The van der Waals surface area contributed by atoms with Crippen LogP contribution in [-0.4, -0.2) is 11.9 Å². The average molecular weight is 397 g/mol. The molecule has 16 heavy (non-hydrogen) atoms. The van der Waals surface area contributed by atoms with Gasteiger partial charge in [0.1, 0.15) is 5.75 Å². The van der Waals surface area contributed by atoms with Crippen molar-refractivity contribution in [3.63, 3.8) is 0 Å². The molecule has 0 atom stereocenters. The van der Waals surface area contributed by atoms with Gasteiger partial charge in [0.15, 0.2) is 0 Å². The second-order valence-electron chi connectivity index (χ2n) is 3.74. The number of ether oxygens (including phenoxy) is 1.